The third-order valence-corrected chi connectivity index (χ3v) is 3.15. The number of rotatable bonds is 10. The summed E-state index contributed by atoms with van der Waals surface area (Å²) in [7, 11) is 0. The van der Waals surface area contributed by atoms with Crippen LogP contribution < -0.4 is 0 Å². The molecule has 0 spiro atoms. The van der Waals surface area contributed by atoms with E-state index < -0.39 is 0 Å². The van der Waals surface area contributed by atoms with Crippen LogP contribution in [0.1, 0.15) is 48.9 Å². The molecule has 0 aliphatic rings. The molecule has 0 atom stereocenters. The average Bonchev–Trinajstić information content (AvgIpc) is 2.48. The number of aliphatic hydroxyl groups excluding tert-OH is 2. The van der Waals surface area contributed by atoms with E-state index in [4.69, 9.17) is 14.9 Å². The van der Waals surface area contributed by atoms with Gasteiger partial charge in [0.15, 0.2) is 0 Å². The molecule has 0 radical (unpaired) electrons. The lowest BCUT2D eigenvalue weighted by Crippen LogP contribution is -2.18. The van der Waals surface area contributed by atoms with Gasteiger partial charge in [0.25, 0.3) is 0 Å². The Hall–Kier alpha value is -1.39. The smallest absolute Gasteiger partial charge is 0.338 e. The zero-order valence-electron chi connectivity index (χ0n) is 11.8. The van der Waals surface area contributed by atoms with Gasteiger partial charge in [0.05, 0.1) is 5.56 Å². The molecule has 0 fully saturated rings. The first-order valence-electron chi connectivity index (χ1n) is 7.25. The van der Waals surface area contributed by atoms with E-state index >= 15 is 0 Å². The first-order chi connectivity index (χ1) is 9.77. The fourth-order valence-corrected chi connectivity index (χ4v) is 2.02. The minimum Gasteiger partial charge on any atom is -0.459 e. The minimum atomic E-state index is -0.302. The Morgan fingerprint density at radius 3 is 2.00 bits per heavy atom. The molecular formula is C16H24O4. The lowest BCUT2D eigenvalue weighted by atomic mass is 10.1. The number of hydrogen-bond acceptors (Lipinski definition) is 4. The Labute approximate surface area is 120 Å². The molecule has 1 aromatic rings. The van der Waals surface area contributed by atoms with Gasteiger partial charge in [-0.25, -0.2) is 4.79 Å². The van der Waals surface area contributed by atoms with Gasteiger partial charge >= 0.3 is 5.97 Å². The van der Waals surface area contributed by atoms with Gasteiger partial charge in [0.2, 0.25) is 0 Å². The molecule has 0 aliphatic carbocycles. The third kappa shape index (κ3) is 6.68. The number of hydrogen-bond donors (Lipinski definition) is 2. The van der Waals surface area contributed by atoms with Crippen molar-refractivity contribution in [3.8, 4) is 0 Å². The van der Waals surface area contributed by atoms with Crippen LogP contribution in [0.25, 0.3) is 0 Å². The van der Waals surface area contributed by atoms with Crippen LogP contribution in [0.4, 0.5) is 0 Å². The second-order valence-corrected chi connectivity index (χ2v) is 4.83. The van der Waals surface area contributed by atoms with Crippen LogP contribution in [0.5, 0.6) is 0 Å². The molecule has 1 rings (SSSR count). The average molecular weight is 280 g/mol. The van der Waals surface area contributed by atoms with E-state index in [-0.39, 0.29) is 25.3 Å². The third-order valence-electron chi connectivity index (χ3n) is 3.15. The number of esters is 1. The van der Waals surface area contributed by atoms with Crippen LogP contribution in [0.3, 0.4) is 0 Å². The van der Waals surface area contributed by atoms with Crippen molar-refractivity contribution in [3.05, 3.63) is 35.9 Å². The van der Waals surface area contributed by atoms with Crippen LogP contribution in [-0.4, -0.2) is 35.5 Å². The van der Waals surface area contributed by atoms with E-state index in [1.807, 2.05) is 18.2 Å². The number of unbranched alkanes of at least 4 members (excludes halogenated alkanes) is 2. The van der Waals surface area contributed by atoms with Crippen molar-refractivity contribution in [2.75, 3.05) is 13.2 Å². The maximum atomic E-state index is 12.0. The van der Waals surface area contributed by atoms with Gasteiger partial charge in [-0.2, -0.15) is 0 Å². The Kier molecular flexibility index (Phi) is 8.67. The minimum absolute atomic E-state index is 0.138. The Balaban J connectivity index is 2.47. The summed E-state index contributed by atoms with van der Waals surface area (Å²) in [6, 6.07) is 8.95. The molecule has 2 N–H and O–H groups in total. The molecular weight excluding hydrogens is 256 g/mol. The van der Waals surface area contributed by atoms with Crippen LogP contribution in [0.2, 0.25) is 0 Å². The van der Waals surface area contributed by atoms with Crippen LogP contribution in [0, 0.1) is 0 Å². The standard InChI is InChI=1S/C16H24O4/c17-12-6-4-10-15(11-5-7-13-18)20-16(19)14-8-2-1-3-9-14/h1-3,8-9,15,17-18H,4-7,10-13H2. The Morgan fingerprint density at radius 2 is 1.50 bits per heavy atom. The molecule has 1 aromatic carbocycles. The second kappa shape index (κ2) is 10.4. The van der Waals surface area contributed by atoms with Gasteiger partial charge in [0.1, 0.15) is 6.10 Å². The lowest BCUT2D eigenvalue weighted by molar-refractivity contribution is 0.0245. The monoisotopic (exact) mass is 280 g/mol. The van der Waals surface area contributed by atoms with Crippen molar-refractivity contribution in [1.82, 2.24) is 0 Å². The van der Waals surface area contributed by atoms with E-state index in [0.717, 1.165) is 38.5 Å². The molecule has 112 valence electrons. The summed E-state index contributed by atoms with van der Waals surface area (Å²) in [5.74, 6) is -0.302. The lowest BCUT2D eigenvalue weighted by Gasteiger charge is -2.17. The van der Waals surface area contributed by atoms with Gasteiger partial charge in [-0.3, -0.25) is 0 Å². The van der Waals surface area contributed by atoms with Crippen LogP contribution in [0.15, 0.2) is 30.3 Å². The summed E-state index contributed by atoms with van der Waals surface area (Å²) in [6.07, 6.45) is 4.49. The summed E-state index contributed by atoms with van der Waals surface area (Å²) in [5, 5.41) is 17.6. The van der Waals surface area contributed by atoms with Crippen molar-refractivity contribution < 1.29 is 19.7 Å². The number of aliphatic hydroxyl groups is 2. The van der Waals surface area contributed by atoms with Gasteiger partial charge in [-0.15, -0.1) is 0 Å². The quantitative estimate of drug-likeness (QED) is 0.510. The van der Waals surface area contributed by atoms with Crippen molar-refractivity contribution in [1.29, 1.82) is 0 Å². The topological polar surface area (TPSA) is 66.8 Å². The Morgan fingerprint density at radius 1 is 0.950 bits per heavy atom. The summed E-state index contributed by atoms with van der Waals surface area (Å²) in [5.41, 5.74) is 0.557. The number of ether oxygens (including phenoxy) is 1. The molecule has 0 amide bonds. The molecule has 4 nitrogen and oxygen atoms in total. The SMILES string of the molecule is O=C(OC(CCCCO)CCCCO)c1ccccc1. The van der Waals surface area contributed by atoms with Gasteiger partial charge in [-0.1, -0.05) is 18.2 Å². The van der Waals surface area contributed by atoms with Crippen molar-refractivity contribution >= 4 is 5.97 Å². The number of carbonyl (C=O) groups excluding carboxylic acids is 1. The summed E-state index contributed by atoms with van der Waals surface area (Å²) >= 11 is 0. The fourth-order valence-electron chi connectivity index (χ4n) is 2.02. The van der Waals surface area contributed by atoms with Gasteiger partial charge in [-0.05, 0) is 50.7 Å². The second-order valence-electron chi connectivity index (χ2n) is 4.83. The highest BCUT2D eigenvalue weighted by Crippen LogP contribution is 2.15. The van der Waals surface area contributed by atoms with E-state index in [9.17, 15) is 4.79 Å². The first-order valence-corrected chi connectivity index (χ1v) is 7.25. The highest BCUT2D eigenvalue weighted by molar-refractivity contribution is 5.89. The first kappa shape index (κ1) is 16.7. The molecule has 0 saturated carbocycles. The largest absolute Gasteiger partial charge is 0.459 e. The summed E-state index contributed by atoms with van der Waals surface area (Å²) < 4.78 is 5.53. The highest BCUT2D eigenvalue weighted by atomic mass is 16.5. The van der Waals surface area contributed by atoms with Crippen LogP contribution >= 0.6 is 0 Å². The molecule has 0 aliphatic heterocycles. The number of carbonyl (C=O) groups is 1. The van der Waals surface area contributed by atoms with E-state index in [0.29, 0.717) is 5.56 Å². The van der Waals surface area contributed by atoms with Gasteiger partial charge in [0, 0.05) is 13.2 Å². The van der Waals surface area contributed by atoms with Crippen molar-refractivity contribution in [2.24, 2.45) is 0 Å². The molecule has 0 heterocycles. The van der Waals surface area contributed by atoms with Crippen molar-refractivity contribution in [2.45, 2.75) is 44.6 Å². The maximum absolute atomic E-state index is 12.0. The fraction of sp³-hybridized carbons (Fsp3) is 0.562. The maximum Gasteiger partial charge on any atom is 0.338 e. The van der Waals surface area contributed by atoms with E-state index in [2.05, 4.69) is 0 Å². The molecule has 0 bridgehead atoms. The highest BCUT2D eigenvalue weighted by Gasteiger charge is 2.15. The van der Waals surface area contributed by atoms with Crippen molar-refractivity contribution in [3.63, 3.8) is 0 Å². The zero-order chi connectivity index (χ0) is 14.6. The molecule has 0 aromatic heterocycles. The van der Waals surface area contributed by atoms with Crippen LogP contribution in [-0.2, 0) is 4.74 Å². The molecule has 0 unspecified atom stereocenters. The molecule has 4 heteroatoms. The Bertz CT molecular complexity index is 354. The molecule has 0 saturated heterocycles. The molecule has 20 heavy (non-hydrogen) atoms. The number of benzene rings is 1. The van der Waals surface area contributed by atoms with Gasteiger partial charge < -0.3 is 14.9 Å². The summed E-state index contributed by atoms with van der Waals surface area (Å²) in [4.78, 5) is 12.0. The van der Waals surface area contributed by atoms with E-state index in [1.165, 1.54) is 0 Å². The zero-order valence-corrected chi connectivity index (χ0v) is 11.8. The normalized spacial score (nSPS) is 10.8. The predicted octanol–water partition coefficient (Wildman–Crippen LogP) is 2.54. The van der Waals surface area contributed by atoms with E-state index in [1.54, 1.807) is 12.1 Å². The predicted molar refractivity (Wildman–Crippen MR) is 77.5 cm³/mol. The summed E-state index contributed by atoms with van der Waals surface area (Å²) in [6.45, 7) is 0.325.